The lowest BCUT2D eigenvalue weighted by Crippen LogP contribution is -2.38. The van der Waals surface area contributed by atoms with E-state index < -0.39 is 0 Å². The molecular weight excluding hydrogens is 302 g/mol. The van der Waals surface area contributed by atoms with Crippen LogP contribution in [-0.4, -0.2) is 42.5 Å². The Morgan fingerprint density at radius 1 is 1.29 bits per heavy atom. The van der Waals surface area contributed by atoms with E-state index in [1.54, 1.807) is 12.4 Å². The number of carbonyl (C=O) groups excluding carboxylic acids is 1. The van der Waals surface area contributed by atoms with Crippen LogP contribution in [-0.2, 0) is 22.5 Å². The van der Waals surface area contributed by atoms with Crippen LogP contribution >= 0.6 is 0 Å². The highest BCUT2D eigenvalue weighted by molar-refractivity contribution is 5.78. The zero-order valence-electron chi connectivity index (χ0n) is 13.9. The number of fused-ring (bicyclic) bond motifs is 1. The number of ether oxygens (including phenoxy) is 1. The van der Waals surface area contributed by atoms with Crippen LogP contribution in [0, 0.1) is 0 Å². The van der Waals surface area contributed by atoms with Crippen LogP contribution in [0.5, 0.6) is 0 Å². The highest BCUT2D eigenvalue weighted by Gasteiger charge is 2.21. The van der Waals surface area contributed by atoms with Gasteiger partial charge >= 0.3 is 0 Å². The lowest BCUT2D eigenvalue weighted by atomic mass is 9.97. The average Bonchev–Trinajstić information content (AvgIpc) is 2.60. The van der Waals surface area contributed by atoms with Gasteiger partial charge in [0.05, 0.1) is 13.2 Å². The van der Waals surface area contributed by atoms with Gasteiger partial charge in [-0.25, -0.2) is 0 Å². The second-order valence-corrected chi connectivity index (χ2v) is 6.14. The first-order valence-electron chi connectivity index (χ1n) is 8.26. The molecule has 1 aliphatic rings. The Bertz CT molecular complexity index is 675. The molecule has 3 rings (SSSR count). The summed E-state index contributed by atoms with van der Waals surface area (Å²) in [5.41, 5.74) is 3.65. The van der Waals surface area contributed by atoms with E-state index in [4.69, 9.17) is 4.74 Å². The first-order valence-corrected chi connectivity index (χ1v) is 8.26. The molecular formula is C19H23N3O2. The number of hydrogen-bond donors (Lipinski definition) is 1. The fraction of sp³-hybridized carbons (Fsp3) is 0.368. The first-order chi connectivity index (χ1) is 11.7. The van der Waals surface area contributed by atoms with E-state index in [0.29, 0.717) is 19.7 Å². The number of aromatic nitrogens is 1. The van der Waals surface area contributed by atoms with Crippen molar-refractivity contribution in [3.05, 3.63) is 65.5 Å². The molecule has 1 unspecified atom stereocenters. The van der Waals surface area contributed by atoms with Gasteiger partial charge in [0.25, 0.3) is 0 Å². The van der Waals surface area contributed by atoms with Crippen LogP contribution in [0.25, 0.3) is 0 Å². The second-order valence-electron chi connectivity index (χ2n) is 6.14. The molecule has 0 fully saturated rings. The van der Waals surface area contributed by atoms with E-state index in [1.807, 2.05) is 36.2 Å². The largest absolute Gasteiger partial charge is 0.371 e. The first kappa shape index (κ1) is 16.6. The summed E-state index contributed by atoms with van der Waals surface area (Å²) in [5.74, 6) is 0.0122. The minimum Gasteiger partial charge on any atom is -0.371 e. The quantitative estimate of drug-likeness (QED) is 0.882. The Morgan fingerprint density at radius 3 is 2.92 bits per heavy atom. The summed E-state index contributed by atoms with van der Waals surface area (Å²) < 4.78 is 5.82. The third-order valence-electron chi connectivity index (χ3n) is 4.19. The number of nitrogens with one attached hydrogen (secondary N) is 1. The maximum atomic E-state index is 12.2. The SMILES string of the molecule is CN(CC(=O)NCC1OCCc2ccccc21)Cc1ccncc1. The fourth-order valence-electron chi connectivity index (χ4n) is 3.01. The minimum absolute atomic E-state index is 0.0122. The molecule has 126 valence electrons. The molecule has 1 atom stereocenters. The van der Waals surface area contributed by atoms with Crippen LogP contribution in [0.2, 0.25) is 0 Å². The van der Waals surface area contributed by atoms with Crippen LogP contribution in [0.15, 0.2) is 48.8 Å². The number of benzene rings is 1. The molecule has 0 spiro atoms. The molecule has 0 aliphatic carbocycles. The maximum absolute atomic E-state index is 12.2. The van der Waals surface area contributed by atoms with Gasteiger partial charge in [0.1, 0.15) is 6.10 Å². The molecule has 1 amide bonds. The summed E-state index contributed by atoms with van der Waals surface area (Å²) in [6.07, 6.45) is 4.42. The summed E-state index contributed by atoms with van der Waals surface area (Å²) in [7, 11) is 1.94. The zero-order valence-corrected chi connectivity index (χ0v) is 13.9. The van der Waals surface area contributed by atoms with Crippen LogP contribution in [0.3, 0.4) is 0 Å². The number of amides is 1. The van der Waals surface area contributed by atoms with Gasteiger partial charge in [0, 0.05) is 25.5 Å². The van der Waals surface area contributed by atoms with Gasteiger partial charge in [-0.2, -0.15) is 0 Å². The van der Waals surface area contributed by atoms with Crippen LogP contribution < -0.4 is 5.32 Å². The van der Waals surface area contributed by atoms with Crippen molar-refractivity contribution in [1.82, 2.24) is 15.2 Å². The van der Waals surface area contributed by atoms with Gasteiger partial charge in [-0.05, 0) is 42.3 Å². The summed E-state index contributed by atoms with van der Waals surface area (Å²) in [6.45, 7) is 2.30. The van der Waals surface area contributed by atoms with Crippen molar-refractivity contribution in [3.63, 3.8) is 0 Å². The van der Waals surface area contributed by atoms with Gasteiger partial charge in [-0.15, -0.1) is 0 Å². The molecule has 2 heterocycles. The molecule has 1 N–H and O–H groups in total. The van der Waals surface area contributed by atoms with E-state index in [0.717, 1.165) is 18.5 Å². The molecule has 0 bridgehead atoms. The molecule has 0 saturated carbocycles. The Kier molecular flexibility index (Phi) is 5.56. The third kappa shape index (κ3) is 4.40. The lowest BCUT2D eigenvalue weighted by Gasteiger charge is -2.26. The minimum atomic E-state index is -0.0515. The summed E-state index contributed by atoms with van der Waals surface area (Å²) in [6, 6.07) is 12.2. The Balaban J connectivity index is 1.48. The summed E-state index contributed by atoms with van der Waals surface area (Å²) in [5, 5.41) is 2.99. The van der Waals surface area contributed by atoms with Gasteiger partial charge in [0.15, 0.2) is 0 Å². The Morgan fingerprint density at radius 2 is 2.08 bits per heavy atom. The Hall–Kier alpha value is -2.24. The molecule has 0 radical (unpaired) electrons. The topological polar surface area (TPSA) is 54.5 Å². The van der Waals surface area contributed by atoms with E-state index in [2.05, 4.69) is 22.4 Å². The van der Waals surface area contributed by atoms with E-state index >= 15 is 0 Å². The second kappa shape index (κ2) is 8.04. The molecule has 2 aromatic rings. The maximum Gasteiger partial charge on any atom is 0.234 e. The van der Waals surface area contributed by atoms with Crippen molar-refractivity contribution in [2.24, 2.45) is 0 Å². The van der Waals surface area contributed by atoms with E-state index in [-0.39, 0.29) is 12.0 Å². The molecule has 24 heavy (non-hydrogen) atoms. The van der Waals surface area contributed by atoms with Crippen molar-refractivity contribution < 1.29 is 9.53 Å². The number of pyridine rings is 1. The van der Waals surface area contributed by atoms with Crippen LogP contribution in [0.4, 0.5) is 0 Å². The van der Waals surface area contributed by atoms with Crippen molar-refractivity contribution in [2.75, 3.05) is 26.7 Å². The number of hydrogen-bond acceptors (Lipinski definition) is 4. The van der Waals surface area contributed by atoms with E-state index in [1.165, 1.54) is 11.1 Å². The fourth-order valence-corrected chi connectivity index (χ4v) is 3.01. The van der Waals surface area contributed by atoms with Crippen molar-refractivity contribution in [1.29, 1.82) is 0 Å². The standard InChI is InChI=1S/C19H23N3O2/c1-22(13-15-6-9-20-10-7-15)14-19(23)21-12-18-17-5-3-2-4-16(17)8-11-24-18/h2-7,9-10,18H,8,11-14H2,1H3,(H,21,23). The Labute approximate surface area is 142 Å². The predicted octanol–water partition coefficient (Wildman–Crippen LogP) is 1.94. The van der Waals surface area contributed by atoms with Gasteiger partial charge in [-0.3, -0.25) is 14.7 Å². The van der Waals surface area contributed by atoms with Gasteiger partial charge < -0.3 is 10.1 Å². The molecule has 1 aromatic heterocycles. The van der Waals surface area contributed by atoms with Crippen molar-refractivity contribution in [3.8, 4) is 0 Å². The number of nitrogens with zero attached hydrogens (tertiary/aromatic N) is 2. The van der Waals surface area contributed by atoms with Gasteiger partial charge in [0.2, 0.25) is 5.91 Å². The van der Waals surface area contributed by atoms with Crippen molar-refractivity contribution in [2.45, 2.75) is 19.1 Å². The van der Waals surface area contributed by atoms with Crippen LogP contribution in [0.1, 0.15) is 22.8 Å². The third-order valence-corrected chi connectivity index (χ3v) is 4.19. The molecule has 1 aromatic carbocycles. The predicted molar refractivity (Wildman–Crippen MR) is 92.4 cm³/mol. The molecule has 0 saturated heterocycles. The zero-order chi connectivity index (χ0) is 16.8. The lowest BCUT2D eigenvalue weighted by molar-refractivity contribution is -0.122. The number of carbonyl (C=O) groups is 1. The molecule has 5 nitrogen and oxygen atoms in total. The number of rotatable bonds is 6. The van der Waals surface area contributed by atoms with Gasteiger partial charge in [-0.1, -0.05) is 24.3 Å². The smallest absolute Gasteiger partial charge is 0.234 e. The van der Waals surface area contributed by atoms with Crippen molar-refractivity contribution >= 4 is 5.91 Å². The molecule has 5 heteroatoms. The summed E-state index contributed by atoms with van der Waals surface area (Å²) >= 11 is 0. The molecule has 1 aliphatic heterocycles. The monoisotopic (exact) mass is 325 g/mol. The summed E-state index contributed by atoms with van der Waals surface area (Å²) in [4.78, 5) is 18.2. The highest BCUT2D eigenvalue weighted by Crippen LogP contribution is 2.26. The normalized spacial score (nSPS) is 16.7. The van der Waals surface area contributed by atoms with E-state index in [9.17, 15) is 4.79 Å². The highest BCUT2D eigenvalue weighted by atomic mass is 16.5. The number of likely N-dealkylation sites (N-methyl/N-ethyl adjacent to an activating group) is 1. The average molecular weight is 325 g/mol.